The summed E-state index contributed by atoms with van der Waals surface area (Å²) in [6.07, 6.45) is -0.563. The summed E-state index contributed by atoms with van der Waals surface area (Å²) in [6.45, 7) is -1.05. The monoisotopic (exact) mass is 536 g/mol. The van der Waals surface area contributed by atoms with E-state index in [1.807, 2.05) is 0 Å². The van der Waals surface area contributed by atoms with Crippen molar-refractivity contribution >= 4 is 35.0 Å². The van der Waals surface area contributed by atoms with Crippen LogP contribution in [0.4, 0.5) is 11.5 Å². The first-order valence-electron chi connectivity index (χ1n) is 8.41. The normalized spacial score (nSPS) is 26.8. The average Bonchev–Trinajstić information content (AvgIpc) is 2.91. The molecular formula is C12H19N4O14P3. The Hall–Kier alpha value is -1.67. The standard InChI is InChI=1S/C12H19N4O14P3/c1-2-3-14-6-4-16(12(19)15-10(6)13)11-9(18)8(17)7(28-11)5-27-32(23,24)30-33(25,26)29-31(20,21)22/h1,4,7-9,11,14,17-18H,3,5H2,(H,23,24)(H,25,26)(H2,13,15,19)(H2,20,21,22)/t7-,8-,9-,11-/m1/s1. The molecular weight excluding hydrogens is 517 g/mol. The number of nitrogens with one attached hydrogen (secondary N) is 1. The van der Waals surface area contributed by atoms with E-state index in [2.05, 4.69) is 29.4 Å². The van der Waals surface area contributed by atoms with Crippen LogP contribution in [0.1, 0.15) is 6.23 Å². The van der Waals surface area contributed by atoms with Crippen molar-refractivity contribution in [2.45, 2.75) is 24.5 Å². The van der Waals surface area contributed by atoms with Crippen molar-refractivity contribution in [2.24, 2.45) is 0 Å². The van der Waals surface area contributed by atoms with E-state index in [1.54, 1.807) is 0 Å². The Morgan fingerprint density at radius 3 is 2.39 bits per heavy atom. The summed E-state index contributed by atoms with van der Waals surface area (Å²) in [6, 6.07) is 0. The van der Waals surface area contributed by atoms with E-state index >= 15 is 0 Å². The summed E-state index contributed by atoms with van der Waals surface area (Å²) >= 11 is 0. The Labute approximate surface area is 184 Å². The van der Waals surface area contributed by atoms with Crippen LogP contribution in [0.5, 0.6) is 0 Å². The van der Waals surface area contributed by atoms with Gasteiger partial charge in [0.25, 0.3) is 0 Å². The maximum atomic E-state index is 12.2. The number of nitrogens with two attached hydrogens (primary N) is 1. The lowest BCUT2D eigenvalue weighted by atomic mass is 10.1. The molecule has 18 nitrogen and oxygen atoms in total. The van der Waals surface area contributed by atoms with Gasteiger partial charge in [-0.25, -0.2) is 18.5 Å². The zero-order chi connectivity index (χ0) is 25.2. The Bertz CT molecular complexity index is 1110. The number of anilines is 2. The fourth-order valence-electron chi connectivity index (χ4n) is 2.51. The molecule has 2 unspecified atom stereocenters. The topological polar surface area (TPSA) is 282 Å². The molecule has 1 fully saturated rings. The quantitative estimate of drug-likeness (QED) is 0.117. The summed E-state index contributed by atoms with van der Waals surface area (Å²) in [5, 5.41) is 23.0. The zero-order valence-electron chi connectivity index (χ0n) is 16.1. The molecule has 0 bridgehead atoms. The van der Waals surface area contributed by atoms with E-state index in [-0.39, 0.29) is 18.1 Å². The molecule has 0 radical (unpaired) electrons. The molecule has 0 saturated carbocycles. The lowest BCUT2D eigenvalue weighted by Crippen LogP contribution is -2.36. The van der Waals surface area contributed by atoms with Crippen LogP contribution in [-0.2, 0) is 31.6 Å². The molecule has 1 aliphatic rings. The number of rotatable bonds is 10. The predicted molar refractivity (Wildman–Crippen MR) is 106 cm³/mol. The van der Waals surface area contributed by atoms with Crippen LogP contribution >= 0.6 is 23.5 Å². The van der Waals surface area contributed by atoms with Gasteiger partial charge in [0.1, 0.15) is 18.3 Å². The number of ether oxygens (including phenoxy) is 1. The highest BCUT2D eigenvalue weighted by atomic mass is 31.3. The number of aliphatic hydroxyl groups is 2. The number of phosphoric ester groups is 1. The molecule has 1 aliphatic heterocycles. The predicted octanol–water partition coefficient (Wildman–Crippen LogP) is -2.17. The highest BCUT2D eigenvalue weighted by molar-refractivity contribution is 7.66. The van der Waals surface area contributed by atoms with Crippen molar-refractivity contribution in [3.63, 3.8) is 0 Å². The van der Waals surface area contributed by atoms with Crippen molar-refractivity contribution in [3.05, 3.63) is 16.7 Å². The maximum absolute atomic E-state index is 12.2. The van der Waals surface area contributed by atoms with Crippen LogP contribution in [0.3, 0.4) is 0 Å². The minimum Gasteiger partial charge on any atom is -0.387 e. The summed E-state index contributed by atoms with van der Waals surface area (Å²) < 4.78 is 51.2. The number of terminal acetylenes is 1. The van der Waals surface area contributed by atoms with Crippen molar-refractivity contribution in [2.75, 3.05) is 24.2 Å². The number of hydrogen-bond donors (Lipinski definition) is 8. The summed E-state index contributed by atoms with van der Waals surface area (Å²) in [5.74, 6) is 2.04. The van der Waals surface area contributed by atoms with Gasteiger partial charge in [-0.05, 0) is 0 Å². The van der Waals surface area contributed by atoms with Crippen molar-refractivity contribution in [1.82, 2.24) is 9.55 Å². The van der Waals surface area contributed by atoms with Gasteiger partial charge in [0.15, 0.2) is 12.0 Å². The van der Waals surface area contributed by atoms with Gasteiger partial charge < -0.3 is 45.6 Å². The Morgan fingerprint density at radius 2 is 1.82 bits per heavy atom. The van der Waals surface area contributed by atoms with E-state index in [1.165, 1.54) is 0 Å². The molecule has 1 saturated heterocycles. The Kier molecular flexibility index (Phi) is 8.61. The molecule has 2 rings (SSSR count). The second-order valence-electron chi connectivity index (χ2n) is 6.22. The maximum Gasteiger partial charge on any atom is 0.490 e. The Balaban J connectivity index is 2.13. The second-order valence-corrected chi connectivity index (χ2v) is 10.6. The molecule has 1 aromatic rings. The number of nitrogens with zero attached hydrogens (tertiary/aromatic N) is 2. The summed E-state index contributed by atoms with van der Waals surface area (Å²) in [7, 11) is -16.8. The molecule has 0 aliphatic carbocycles. The van der Waals surface area contributed by atoms with Gasteiger partial charge in [-0.1, -0.05) is 5.92 Å². The van der Waals surface area contributed by atoms with Crippen molar-refractivity contribution in [3.8, 4) is 12.3 Å². The molecule has 2 heterocycles. The third-order valence-corrected chi connectivity index (χ3v) is 7.59. The SMILES string of the molecule is C#CCNc1cn([C@@H]2O[C@H](COP(=O)(O)OP(=O)(O)OP(=O)(O)O)[C@@H](O)[C@H]2O)c(=O)nc1N. The summed E-state index contributed by atoms with van der Waals surface area (Å²) in [5.41, 5.74) is 4.70. The number of aliphatic hydroxyl groups excluding tert-OH is 2. The molecule has 9 N–H and O–H groups in total. The van der Waals surface area contributed by atoms with Gasteiger partial charge in [0.05, 0.1) is 18.8 Å². The third-order valence-electron chi connectivity index (χ3n) is 3.79. The van der Waals surface area contributed by atoms with Crippen LogP contribution in [0.15, 0.2) is 11.0 Å². The first kappa shape index (κ1) is 27.6. The van der Waals surface area contributed by atoms with Gasteiger partial charge in [0.2, 0.25) is 0 Å². The molecule has 0 spiro atoms. The first-order valence-corrected chi connectivity index (χ1v) is 12.9. The highest BCUT2D eigenvalue weighted by Gasteiger charge is 2.47. The van der Waals surface area contributed by atoms with E-state index in [9.17, 15) is 33.6 Å². The van der Waals surface area contributed by atoms with Gasteiger partial charge in [-0.3, -0.25) is 9.09 Å². The number of hydrogen-bond acceptors (Lipinski definition) is 13. The second kappa shape index (κ2) is 10.3. The molecule has 186 valence electrons. The molecule has 0 aromatic carbocycles. The summed E-state index contributed by atoms with van der Waals surface area (Å²) in [4.78, 5) is 51.3. The minimum atomic E-state index is -5.75. The van der Waals surface area contributed by atoms with E-state index in [0.717, 1.165) is 10.8 Å². The van der Waals surface area contributed by atoms with Crippen LogP contribution in [-0.4, -0.2) is 70.8 Å². The van der Waals surface area contributed by atoms with Crippen LogP contribution in [0, 0.1) is 12.3 Å². The van der Waals surface area contributed by atoms with Crippen molar-refractivity contribution in [1.29, 1.82) is 0 Å². The Morgan fingerprint density at radius 1 is 1.18 bits per heavy atom. The number of aromatic nitrogens is 2. The molecule has 1 aromatic heterocycles. The van der Waals surface area contributed by atoms with Crippen molar-refractivity contribution < 1.29 is 61.4 Å². The fourth-order valence-corrected chi connectivity index (χ4v) is 5.54. The van der Waals surface area contributed by atoms with Crippen LogP contribution in [0.2, 0.25) is 0 Å². The molecule has 0 amide bonds. The number of phosphoric acid groups is 3. The fraction of sp³-hybridized carbons (Fsp3) is 0.500. The van der Waals surface area contributed by atoms with Gasteiger partial charge in [-0.2, -0.15) is 13.6 Å². The smallest absolute Gasteiger partial charge is 0.387 e. The van der Waals surface area contributed by atoms with E-state index < -0.39 is 60.3 Å². The highest BCUT2D eigenvalue weighted by Crippen LogP contribution is 2.66. The van der Waals surface area contributed by atoms with E-state index in [0.29, 0.717) is 0 Å². The zero-order valence-corrected chi connectivity index (χ0v) is 18.8. The molecule has 6 atom stereocenters. The lowest BCUT2D eigenvalue weighted by Gasteiger charge is -2.19. The van der Waals surface area contributed by atoms with Gasteiger partial charge in [0, 0.05) is 6.20 Å². The minimum absolute atomic E-state index is 0.00345. The van der Waals surface area contributed by atoms with Gasteiger partial charge >= 0.3 is 29.2 Å². The third kappa shape index (κ3) is 7.67. The largest absolute Gasteiger partial charge is 0.490 e. The average molecular weight is 536 g/mol. The lowest BCUT2D eigenvalue weighted by molar-refractivity contribution is -0.0540. The van der Waals surface area contributed by atoms with Crippen LogP contribution in [0.25, 0.3) is 0 Å². The molecule has 33 heavy (non-hydrogen) atoms. The van der Waals surface area contributed by atoms with Crippen LogP contribution < -0.4 is 16.7 Å². The molecule has 21 heteroatoms. The van der Waals surface area contributed by atoms with Gasteiger partial charge in [-0.15, -0.1) is 6.42 Å². The first-order chi connectivity index (χ1) is 15.1. The van der Waals surface area contributed by atoms with E-state index in [4.69, 9.17) is 31.6 Å². The number of nitrogen functional groups attached to an aromatic ring is 1.